The van der Waals surface area contributed by atoms with Gasteiger partial charge >= 0.3 is 0 Å². The van der Waals surface area contributed by atoms with Gasteiger partial charge in [0.2, 0.25) is 0 Å². The lowest BCUT2D eigenvalue weighted by Gasteiger charge is -2.29. The van der Waals surface area contributed by atoms with E-state index >= 15 is 0 Å². The number of nitrogens with zero attached hydrogens (tertiary/aromatic N) is 1. The van der Waals surface area contributed by atoms with E-state index in [4.69, 9.17) is 5.26 Å². The fourth-order valence-electron chi connectivity index (χ4n) is 4.31. The largest absolute Gasteiger partial charge is 0.205 e. The number of fused-ring (bicyclic) bond motifs is 1. The standard InChI is InChI=1S/C20H26FN/c1-14-2-4-15(5-3-14)6-7-16-8-11-19-17(12-16)9-10-18(13-22)20(19)21/h9-10,14-16H,2-8,11-12H2,1H3. The summed E-state index contributed by atoms with van der Waals surface area (Å²) < 4.78 is 14.2. The molecule has 118 valence electrons. The van der Waals surface area contributed by atoms with Crippen molar-refractivity contribution < 1.29 is 4.39 Å². The molecule has 0 N–H and O–H groups in total. The highest BCUT2D eigenvalue weighted by molar-refractivity contribution is 5.41. The van der Waals surface area contributed by atoms with E-state index in [1.54, 1.807) is 6.07 Å². The number of hydrogen-bond acceptors (Lipinski definition) is 1. The van der Waals surface area contributed by atoms with Gasteiger partial charge in [-0.25, -0.2) is 4.39 Å². The summed E-state index contributed by atoms with van der Waals surface area (Å²) in [7, 11) is 0. The van der Waals surface area contributed by atoms with Crippen molar-refractivity contribution in [3.8, 4) is 6.07 Å². The van der Waals surface area contributed by atoms with E-state index in [0.717, 1.165) is 42.2 Å². The van der Waals surface area contributed by atoms with Crippen LogP contribution in [0.3, 0.4) is 0 Å². The van der Waals surface area contributed by atoms with Crippen molar-refractivity contribution in [2.75, 3.05) is 0 Å². The second kappa shape index (κ2) is 6.82. The van der Waals surface area contributed by atoms with E-state index in [1.165, 1.54) is 38.5 Å². The first-order valence-electron chi connectivity index (χ1n) is 8.87. The van der Waals surface area contributed by atoms with Crippen LogP contribution in [0.2, 0.25) is 0 Å². The molecule has 2 aliphatic rings. The summed E-state index contributed by atoms with van der Waals surface area (Å²) in [6.07, 6.45) is 11.2. The Balaban J connectivity index is 1.56. The molecule has 1 atom stereocenters. The molecule has 0 saturated heterocycles. The maximum Gasteiger partial charge on any atom is 0.144 e. The maximum absolute atomic E-state index is 14.2. The molecule has 1 saturated carbocycles. The lowest BCUT2D eigenvalue weighted by Crippen LogP contribution is -2.18. The van der Waals surface area contributed by atoms with Gasteiger partial charge in [0.05, 0.1) is 5.56 Å². The molecule has 1 aromatic rings. The molecular weight excluding hydrogens is 273 g/mol. The van der Waals surface area contributed by atoms with Gasteiger partial charge in [0, 0.05) is 0 Å². The summed E-state index contributed by atoms with van der Waals surface area (Å²) >= 11 is 0. The molecule has 1 unspecified atom stereocenters. The normalized spacial score (nSPS) is 28.0. The van der Waals surface area contributed by atoms with Crippen LogP contribution < -0.4 is 0 Å². The summed E-state index contributed by atoms with van der Waals surface area (Å²) in [5, 5.41) is 8.93. The van der Waals surface area contributed by atoms with Crippen molar-refractivity contribution in [3.63, 3.8) is 0 Å². The van der Waals surface area contributed by atoms with Crippen LogP contribution in [0.15, 0.2) is 12.1 Å². The van der Waals surface area contributed by atoms with Gasteiger partial charge in [-0.15, -0.1) is 0 Å². The molecular formula is C20H26FN. The van der Waals surface area contributed by atoms with Crippen LogP contribution in [-0.2, 0) is 12.8 Å². The highest BCUT2D eigenvalue weighted by atomic mass is 19.1. The first-order chi connectivity index (χ1) is 10.7. The van der Waals surface area contributed by atoms with Crippen molar-refractivity contribution in [3.05, 3.63) is 34.6 Å². The van der Waals surface area contributed by atoms with Crippen molar-refractivity contribution in [2.45, 2.75) is 64.7 Å². The molecule has 0 aromatic heterocycles. The molecule has 0 radical (unpaired) electrons. The van der Waals surface area contributed by atoms with Crippen LogP contribution in [-0.4, -0.2) is 0 Å². The van der Waals surface area contributed by atoms with E-state index in [0.29, 0.717) is 5.92 Å². The summed E-state index contributed by atoms with van der Waals surface area (Å²) in [4.78, 5) is 0. The van der Waals surface area contributed by atoms with Gasteiger partial charge < -0.3 is 0 Å². The summed E-state index contributed by atoms with van der Waals surface area (Å²) in [5.74, 6) is 2.30. The van der Waals surface area contributed by atoms with Gasteiger partial charge in [-0.05, 0) is 60.6 Å². The topological polar surface area (TPSA) is 23.8 Å². The van der Waals surface area contributed by atoms with Gasteiger partial charge in [0.1, 0.15) is 11.9 Å². The monoisotopic (exact) mass is 299 g/mol. The van der Waals surface area contributed by atoms with Crippen molar-refractivity contribution >= 4 is 0 Å². The van der Waals surface area contributed by atoms with Crippen LogP contribution in [0, 0.1) is 34.9 Å². The van der Waals surface area contributed by atoms with Gasteiger partial charge in [-0.1, -0.05) is 45.1 Å². The first-order valence-corrected chi connectivity index (χ1v) is 8.87. The molecule has 0 bridgehead atoms. The van der Waals surface area contributed by atoms with Crippen molar-refractivity contribution in [1.29, 1.82) is 5.26 Å². The predicted octanol–water partition coefficient (Wildman–Crippen LogP) is 5.41. The molecule has 1 fully saturated rings. The minimum Gasteiger partial charge on any atom is -0.205 e. The number of nitriles is 1. The molecule has 2 heteroatoms. The Bertz CT molecular complexity index is 564. The number of halogens is 1. The summed E-state index contributed by atoms with van der Waals surface area (Å²) in [6.45, 7) is 2.37. The van der Waals surface area contributed by atoms with Gasteiger partial charge in [-0.2, -0.15) is 5.26 Å². The fraction of sp³-hybridized carbons (Fsp3) is 0.650. The summed E-state index contributed by atoms with van der Waals surface area (Å²) in [6, 6.07) is 5.58. The smallest absolute Gasteiger partial charge is 0.144 e. The Kier molecular flexibility index (Phi) is 4.81. The highest BCUT2D eigenvalue weighted by Crippen LogP contribution is 2.35. The van der Waals surface area contributed by atoms with E-state index in [1.807, 2.05) is 12.1 Å². The van der Waals surface area contributed by atoms with E-state index in [2.05, 4.69) is 6.92 Å². The third kappa shape index (κ3) is 3.35. The van der Waals surface area contributed by atoms with Crippen LogP contribution in [0.1, 0.15) is 68.6 Å². The Hall–Kier alpha value is -1.36. The highest BCUT2D eigenvalue weighted by Gasteiger charge is 2.24. The molecule has 0 heterocycles. The van der Waals surface area contributed by atoms with Gasteiger partial charge in [0.25, 0.3) is 0 Å². The maximum atomic E-state index is 14.2. The van der Waals surface area contributed by atoms with Crippen LogP contribution in [0.5, 0.6) is 0 Å². The Labute approximate surface area is 133 Å². The Morgan fingerprint density at radius 3 is 2.55 bits per heavy atom. The minimum absolute atomic E-state index is 0.202. The zero-order valence-electron chi connectivity index (χ0n) is 13.6. The first kappa shape index (κ1) is 15.5. The van der Waals surface area contributed by atoms with E-state index in [-0.39, 0.29) is 11.4 Å². The molecule has 3 rings (SSSR count). The number of benzene rings is 1. The average Bonchev–Trinajstić information content (AvgIpc) is 2.55. The minimum atomic E-state index is -0.264. The van der Waals surface area contributed by atoms with E-state index in [9.17, 15) is 4.39 Å². The molecule has 2 aliphatic carbocycles. The lowest BCUT2D eigenvalue weighted by molar-refractivity contribution is 0.255. The fourth-order valence-corrected chi connectivity index (χ4v) is 4.31. The Morgan fingerprint density at radius 2 is 1.82 bits per heavy atom. The predicted molar refractivity (Wildman–Crippen MR) is 87.0 cm³/mol. The Morgan fingerprint density at radius 1 is 1.09 bits per heavy atom. The number of hydrogen-bond donors (Lipinski definition) is 0. The van der Waals surface area contributed by atoms with Crippen LogP contribution in [0.25, 0.3) is 0 Å². The molecule has 0 aliphatic heterocycles. The van der Waals surface area contributed by atoms with Gasteiger partial charge in [0.15, 0.2) is 0 Å². The summed E-state index contributed by atoms with van der Waals surface area (Å²) in [5.41, 5.74) is 2.15. The molecule has 1 aromatic carbocycles. The molecule has 0 amide bonds. The third-order valence-corrected chi connectivity index (χ3v) is 5.89. The second-order valence-electron chi connectivity index (χ2n) is 7.49. The molecule has 0 spiro atoms. The molecule has 1 nitrogen and oxygen atoms in total. The lowest BCUT2D eigenvalue weighted by atomic mass is 9.76. The number of rotatable bonds is 3. The third-order valence-electron chi connectivity index (χ3n) is 5.89. The quantitative estimate of drug-likeness (QED) is 0.732. The molecule has 22 heavy (non-hydrogen) atoms. The van der Waals surface area contributed by atoms with E-state index < -0.39 is 0 Å². The second-order valence-corrected chi connectivity index (χ2v) is 7.49. The van der Waals surface area contributed by atoms with Gasteiger partial charge in [-0.3, -0.25) is 0 Å². The van der Waals surface area contributed by atoms with Crippen LogP contribution >= 0.6 is 0 Å². The SMILES string of the molecule is CC1CCC(CCC2CCc3c(ccc(C#N)c3F)C2)CC1. The van der Waals surface area contributed by atoms with Crippen molar-refractivity contribution in [2.24, 2.45) is 17.8 Å². The zero-order valence-corrected chi connectivity index (χ0v) is 13.6. The average molecular weight is 299 g/mol. The van der Waals surface area contributed by atoms with Crippen LogP contribution in [0.4, 0.5) is 4.39 Å². The zero-order chi connectivity index (χ0) is 15.5. The van der Waals surface area contributed by atoms with Crippen molar-refractivity contribution in [1.82, 2.24) is 0 Å².